The fourth-order valence-electron chi connectivity index (χ4n) is 2.24. The standard InChI is InChI=1S/C12H15ClN2O3S/c13-19(17,18)10-6-11(15(7-10)9-4-5-9)12(16)14-8-2-1-3-8/h6-9H,1-5H2,(H,14,16). The zero-order valence-corrected chi connectivity index (χ0v) is 11.9. The predicted molar refractivity (Wildman–Crippen MR) is 70.8 cm³/mol. The van der Waals surface area contributed by atoms with Gasteiger partial charge in [0.1, 0.15) is 10.6 Å². The lowest BCUT2D eigenvalue weighted by molar-refractivity contribution is 0.0907. The Balaban J connectivity index is 1.89. The van der Waals surface area contributed by atoms with Crippen molar-refractivity contribution in [1.29, 1.82) is 0 Å². The van der Waals surface area contributed by atoms with Gasteiger partial charge in [0.05, 0.1) is 0 Å². The highest BCUT2D eigenvalue weighted by Gasteiger charge is 2.31. The van der Waals surface area contributed by atoms with Crippen LogP contribution in [0.5, 0.6) is 0 Å². The third kappa shape index (κ3) is 2.65. The van der Waals surface area contributed by atoms with Crippen molar-refractivity contribution in [1.82, 2.24) is 9.88 Å². The summed E-state index contributed by atoms with van der Waals surface area (Å²) in [6.07, 6.45) is 6.54. The fourth-order valence-corrected chi connectivity index (χ4v) is 2.98. The highest BCUT2D eigenvalue weighted by atomic mass is 35.7. The lowest BCUT2D eigenvalue weighted by Gasteiger charge is -2.26. The Hall–Kier alpha value is -1.01. The van der Waals surface area contributed by atoms with E-state index in [0.717, 1.165) is 32.1 Å². The number of hydrogen-bond acceptors (Lipinski definition) is 3. The van der Waals surface area contributed by atoms with Crippen LogP contribution in [0.4, 0.5) is 0 Å². The third-order valence-corrected chi connectivity index (χ3v) is 5.04. The van der Waals surface area contributed by atoms with Crippen LogP contribution in [0.25, 0.3) is 0 Å². The maximum absolute atomic E-state index is 12.2. The van der Waals surface area contributed by atoms with Crippen LogP contribution in [-0.4, -0.2) is 24.9 Å². The van der Waals surface area contributed by atoms with Crippen molar-refractivity contribution in [3.8, 4) is 0 Å². The predicted octanol–water partition coefficient (Wildman–Crippen LogP) is 2.03. The summed E-state index contributed by atoms with van der Waals surface area (Å²) in [5, 5.41) is 2.92. The molecule has 2 fully saturated rings. The number of hydrogen-bond donors (Lipinski definition) is 1. The first-order valence-corrected chi connectivity index (χ1v) is 8.73. The molecule has 1 aromatic heterocycles. The number of rotatable bonds is 4. The van der Waals surface area contributed by atoms with Gasteiger partial charge in [-0.3, -0.25) is 4.79 Å². The lowest BCUT2D eigenvalue weighted by Crippen LogP contribution is -2.40. The van der Waals surface area contributed by atoms with Crippen molar-refractivity contribution in [2.45, 2.75) is 49.1 Å². The number of halogens is 1. The lowest BCUT2D eigenvalue weighted by atomic mass is 9.93. The average Bonchev–Trinajstić information content (AvgIpc) is 3.00. The van der Waals surface area contributed by atoms with E-state index >= 15 is 0 Å². The Morgan fingerprint density at radius 1 is 1.32 bits per heavy atom. The maximum Gasteiger partial charge on any atom is 0.268 e. The van der Waals surface area contributed by atoms with Crippen LogP contribution in [0.1, 0.15) is 48.6 Å². The fraction of sp³-hybridized carbons (Fsp3) is 0.583. The number of nitrogens with one attached hydrogen (secondary N) is 1. The molecule has 0 spiro atoms. The van der Waals surface area contributed by atoms with E-state index in [-0.39, 0.29) is 22.9 Å². The summed E-state index contributed by atoms with van der Waals surface area (Å²) in [5.74, 6) is -0.205. The molecule has 1 amide bonds. The molecule has 0 saturated heterocycles. The van der Waals surface area contributed by atoms with E-state index in [4.69, 9.17) is 10.7 Å². The molecule has 0 atom stereocenters. The monoisotopic (exact) mass is 302 g/mol. The van der Waals surface area contributed by atoms with Gasteiger partial charge in [0.2, 0.25) is 0 Å². The summed E-state index contributed by atoms with van der Waals surface area (Å²) in [5.41, 5.74) is 0.397. The van der Waals surface area contributed by atoms with Gasteiger partial charge in [-0.05, 0) is 38.2 Å². The summed E-state index contributed by atoms with van der Waals surface area (Å²) in [4.78, 5) is 12.2. The van der Waals surface area contributed by atoms with Crippen molar-refractivity contribution < 1.29 is 13.2 Å². The van der Waals surface area contributed by atoms with Gasteiger partial charge in [-0.2, -0.15) is 0 Å². The van der Waals surface area contributed by atoms with E-state index in [1.54, 1.807) is 4.57 Å². The summed E-state index contributed by atoms with van der Waals surface area (Å²) in [7, 11) is 1.55. The van der Waals surface area contributed by atoms with Gasteiger partial charge in [0.15, 0.2) is 0 Å². The summed E-state index contributed by atoms with van der Waals surface area (Å²) >= 11 is 0. The van der Waals surface area contributed by atoms with E-state index in [2.05, 4.69) is 5.32 Å². The van der Waals surface area contributed by atoms with Gasteiger partial charge in [0.25, 0.3) is 15.0 Å². The first-order chi connectivity index (χ1) is 8.95. The molecule has 2 aliphatic carbocycles. The SMILES string of the molecule is O=C(NC1CCC1)c1cc(S(=O)(=O)Cl)cn1C1CC1. The molecular weight excluding hydrogens is 288 g/mol. The molecule has 104 valence electrons. The summed E-state index contributed by atoms with van der Waals surface area (Å²) in [6.45, 7) is 0. The first kappa shape index (κ1) is 13.0. The zero-order valence-electron chi connectivity index (χ0n) is 10.3. The van der Waals surface area contributed by atoms with E-state index in [9.17, 15) is 13.2 Å². The van der Waals surface area contributed by atoms with Crippen LogP contribution in [-0.2, 0) is 9.05 Å². The van der Waals surface area contributed by atoms with Crippen LogP contribution < -0.4 is 5.32 Å². The molecule has 1 aromatic rings. The van der Waals surface area contributed by atoms with Crippen LogP contribution in [0, 0.1) is 0 Å². The maximum atomic E-state index is 12.2. The van der Waals surface area contributed by atoms with Crippen molar-refractivity contribution in [2.24, 2.45) is 0 Å². The average molecular weight is 303 g/mol. The molecule has 0 bridgehead atoms. The molecule has 1 N–H and O–H groups in total. The van der Waals surface area contributed by atoms with E-state index in [1.807, 2.05) is 0 Å². The van der Waals surface area contributed by atoms with Crippen LogP contribution in [0.3, 0.4) is 0 Å². The van der Waals surface area contributed by atoms with Crippen molar-refractivity contribution in [2.75, 3.05) is 0 Å². The van der Waals surface area contributed by atoms with Crippen LogP contribution in [0.2, 0.25) is 0 Å². The van der Waals surface area contributed by atoms with Gasteiger partial charge in [-0.25, -0.2) is 8.42 Å². The molecule has 7 heteroatoms. The molecule has 0 aliphatic heterocycles. The van der Waals surface area contributed by atoms with E-state index < -0.39 is 9.05 Å². The van der Waals surface area contributed by atoms with Gasteiger partial charge >= 0.3 is 0 Å². The molecule has 0 unspecified atom stereocenters. The Kier molecular flexibility index (Phi) is 3.09. The smallest absolute Gasteiger partial charge is 0.268 e. The van der Waals surface area contributed by atoms with Gasteiger partial charge in [-0.1, -0.05) is 0 Å². The number of carbonyl (C=O) groups excluding carboxylic acids is 1. The second-order valence-corrected chi connectivity index (χ2v) is 7.80. The van der Waals surface area contributed by atoms with Crippen molar-refractivity contribution >= 4 is 25.6 Å². The minimum Gasteiger partial charge on any atom is -0.348 e. The topological polar surface area (TPSA) is 68.2 Å². The number of nitrogens with zero attached hydrogens (tertiary/aromatic N) is 1. The molecule has 3 rings (SSSR count). The highest BCUT2D eigenvalue weighted by molar-refractivity contribution is 8.13. The number of aromatic nitrogens is 1. The molecule has 0 aromatic carbocycles. The van der Waals surface area contributed by atoms with Crippen molar-refractivity contribution in [3.05, 3.63) is 18.0 Å². The molecule has 19 heavy (non-hydrogen) atoms. The summed E-state index contributed by atoms with van der Waals surface area (Å²) < 4.78 is 24.5. The van der Waals surface area contributed by atoms with Crippen LogP contribution in [0.15, 0.2) is 17.2 Å². The minimum atomic E-state index is -3.79. The Morgan fingerprint density at radius 3 is 2.47 bits per heavy atom. The Bertz CT molecular complexity index is 615. The van der Waals surface area contributed by atoms with Gasteiger partial charge in [0, 0.05) is 29.0 Å². The molecule has 2 aliphatic rings. The van der Waals surface area contributed by atoms with E-state index in [0.29, 0.717) is 5.69 Å². The molecular formula is C12H15ClN2O3S. The normalized spacial score (nSPS) is 20.1. The van der Waals surface area contributed by atoms with Gasteiger partial charge < -0.3 is 9.88 Å². The largest absolute Gasteiger partial charge is 0.348 e. The minimum absolute atomic E-state index is 0.000161. The zero-order chi connectivity index (χ0) is 13.6. The molecule has 0 radical (unpaired) electrons. The Morgan fingerprint density at radius 2 is 2.00 bits per heavy atom. The summed E-state index contributed by atoms with van der Waals surface area (Å²) in [6, 6.07) is 1.83. The second kappa shape index (κ2) is 4.52. The molecule has 2 saturated carbocycles. The quantitative estimate of drug-likeness (QED) is 0.865. The number of carbonyl (C=O) groups is 1. The van der Waals surface area contributed by atoms with Gasteiger partial charge in [-0.15, -0.1) is 0 Å². The molecule has 1 heterocycles. The Labute approximate surface area is 116 Å². The first-order valence-electron chi connectivity index (χ1n) is 6.42. The second-order valence-electron chi connectivity index (χ2n) is 5.24. The third-order valence-electron chi connectivity index (χ3n) is 3.72. The van der Waals surface area contributed by atoms with Crippen LogP contribution >= 0.6 is 10.7 Å². The van der Waals surface area contributed by atoms with E-state index in [1.165, 1.54) is 12.3 Å². The number of amides is 1. The van der Waals surface area contributed by atoms with Crippen molar-refractivity contribution in [3.63, 3.8) is 0 Å². The highest BCUT2D eigenvalue weighted by Crippen LogP contribution is 2.37. The molecule has 5 nitrogen and oxygen atoms in total.